The van der Waals surface area contributed by atoms with Crippen LogP contribution in [0.15, 0.2) is 42.5 Å². The molecule has 3 rings (SSSR count). The number of H-pyrrole nitrogens is 1. The van der Waals surface area contributed by atoms with E-state index in [-0.39, 0.29) is 5.91 Å². The molecule has 3 amide bonds. The van der Waals surface area contributed by atoms with Gasteiger partial charge in [-0.15, -0.1) is 0 Å². The molecule has 0 fully saturated rings. The number of carbonyl (C=O) groups is 2. The molecule has 5 N–H and O–H groups in total. The van der Waals surface area contributed by atoms with E-state index >= 15 is 0 Å². The Balaban J connectivity index is 1.68. The molecule has 6 heteroatoms. The average molecular weight is 336 g/mol. The number of aromatic amines is 1. The van der Waals surface area contributed by atoms with E-state index in [4.69, 9.17) is 5.73 Å². The van der Waals surface area contributed by atoms with E-state index in [0.29, 0.717) is 17.9 Å². The normalized spacial score (nSPS) is 10.6. The fourth-order valence-corrected chi connectivity index (χ4v) is 2.85. The molecule has 0 saturated heterocycles. The van der Waals surface area contributed by atoms with Crippen LogP contribution in [0.1, 0.15) is 27.2 Å². The van der Waals surface area contributed by atoms with Crippen molar-refractivity contribution in [2.45, 2.75) is 20.4 Å². The molecule has 25 heavy (non-hydrogen) atoms. The van der Waals surface area contributed by atoms with Gasteiger partial charge in [0, 0.05) is 23.1 Å². The zero-order chi connectivity index (χ0) is 18.0. The van der Waals surface area contributed by atoms with Gasteiger partial charge in [0.05, 0.1) is 0 Å². The van der Waals surface area contributed by atoms with Gasteiger partial charge < -0.3 is 21.4 Å². The Morgan fingerprint density at radius 1 is 1.08 bits per heavy atom. The number of hydrogen-bond acceptors (Lipinski definition) is 2. The summed E-state index contributed by atoms with van der Waals surface area (Å²) in [4.78, 5) is 26.3. The van der Waals surface area contributed by atoms with Gasteiger partial charge in [-0.1, -0.05) is 18.2 Å². The maximum atomic E-state index is 12.4. The molecule has 1 heterocycles. The number of aryl methyl sites for hydroxylation is 2. The second kappa shape index (κ2) is 6.68. The number of rotatable bonds is 4. The van der Waals surface area contributed by atoms with Gasteiger partial charge >= 0.3 is 6.03 Å². The molecular weight excluding hydrogens is 316 g/mol. The molecule has 1 aromatic heterocycles. The number of fused-ring (bicyclic) bond motifs is 1. The largest absolute Gasteiger partial charge is 0.351 e. The lowest BCUT2D eigenvalue weighted by atomic mass is 10.1. The fraction of sp³-hybridized carbons (Fsp3) is 0.158. The molecule has 0 spiro atoms. The lowest BCUT2D eigenvalue weighted by Crippen LogP contribution is -2.23. The van der Waals surface area contributed by atoms with Gasteiger partial charge in [0.2, 0.25) is 0 Å². The van der Waals surface area contributed by atoms with Crippen molar-refractivity contribution in [2.24, 2.45) is 5.73 Å². The topological polar surface area (TPSA) is 100 Å². The molecule has 0 bridgehead atoms. The standard InChI is InChI=1S/C19H20N4O2/c1-11-7-12(2)15-9-17(23-16(15)8-11)18(24)21-10-13-3-5-14(6-4-13)22-19(20)25/h3-9,23H,10H2,1-2H3,(H,21,24)(H3,20,22,25). The Bertz CT molecular complexity index is 942. The number of nitrogens with one attached hydrogen (secondary N) is 3. The summed E-state index contributed by atoms with van der Waals surface area (Å²) in [6, 6.07) is 12.5. The molecule has 3 aromatic rings. The number of benzene rings is 2. The molecule has 0 aliphatic heterocycles. The molecule has 0 aliphatic carbocycles. The van der Waals surface area contributed by atoms with E-state index in [9.17, 15) is 9.59 Å². The highest BCUT2D eigenvalue weighted by atomic mass is 16.2. The van der Waals surface area contributed by atoms with E-state index in [1.807, 2.05) is 38.1 Å². The highest BCUT2D eigenvalue weighted by Gasteiger charge is 2.11. The summed E-state index contributed by atoms with van der Waals surface area (Å²) in [7, 11) is 0. The van der Waals surface area contributed by atoms with Gasteiger partial charge in [0.25, 0.3) is 5.91 Å². The summed E-state index contributed by atoms with van der Waals surface area (Å²) in [5, 5.41) is 6.44. The predicted molar refractivity (Wildman–Crippen MR) is 98.6 cm³/mol. The van der Waals surface area contributed by atoms with Crippen LogP contribution in [0.2, 0.25) is 0 Å². The molecule has 0 unspecified atom stereocenters. The molecule has 0 radical (unpaired) electrons. The van der Waals surface area contributed by atoms with Crippen molar-refractivity contribution >= 4 is 28.5 Å². The van der Waals surface area contributed by atoms with Gasteiger partial charge in [0.15, 0.2) is 0 Å². The van der Waals surface area contributed by atoms with E-state index < -0.39 is 6.03 Å². The SMILES string of the molecule is Cc1cc(C)c2cc(C(=O)NCc3ccc(NC(N)=O)cc3)[nH]c2c1. The lowest BCUT2D eigenvalue weighted by molar-refractivity contribution is 0.0946. The van der Waals surface area contributed by atoms with E-state index in [1.54, 1.807) is 12.1 Å². The van der Waals surface area contributed by atoms with Gasteiger partial charge in [0.1, 0.15) is 5.69 Å². The van der Waals surface area contributed by atoms with E-state index in [2.05, 4.69) is 21.7 Å². The summed E-state index contributed by atoms with van der Waals surface area (Å²) in [5.74, 6) is -0.160. The number of nitrogens with two attached hydrogens (primary N) is 1. The zero-order valence-electron chi connectivity index (χ0n) is 14.1. The van der Waals surface area contributed by atoms with E-state index in [1.165, 1.54) is 0 Å². The maximum Gasteiger partial charge on any atom is 0.316 e. The highest BCUT2D eigenvalue weighted by molar-refractivity contribution is 5.99. The number of anilines is 1. The minimum absolute atomic E-state index is 0.160. The first-order valence-corrected chi connectivity index (χ1v) is 7.96. The Morgan fingerprint density at radius 2 is 1.80 bits per heavy atom. The second-order valence-corrected chi connectivity index (χ2v) is 6.09. The van der Waals surface area contributed by atoms with Crippen molar-refractivity contribution in [3.8, 4) is 0 Å². The predicted octanol–water partition coefficient (Wildman–Crippen LogP) is 3.21. The molecular formula is C19H20N4O2. The van der Waals surface area contributed by atoms with Gasteiger partial charge in [-0.25, -0.2) is 4.79 Å². The van der Waals surface area contributed by atoms with Gasteiger partial charge in [-0.2, -0.15) is 0 Å². The van der Waals surface area contributed by atoms with Crippen LogP contribution in [-0.4, -0.2) is 16.9 Å². The highest BCUT2D eigenvalue weighted by Crippen LogP contribution is 2.21. The molecule has 2 aromatic carbocycles. The van der Waals surface area contributed by atoms with Crippen LogP contribution in [-0.2, 0) is 6.54 Å². The summed E-state index contributed by atoms with van der Waals surface area (Å²) < 4.78 is 0. The fourth-order valence-electron chi connectivity index (χ4n) is 2.85. The number of amides is 3. The molecule has 6 nitrogen and oxygen atoms in total. The Morgan fingerprint density at radius 3 is 2.48 bits per heavy atom. The Hall–Kier alpha value is -3.28. The molecule has 0 atom stereocenters. The van der Waals surface area contributed by atoms with Crippen molar-refractivity contribution in [3.05, 3.63) is 64.8 Å². The number of aromatic nitrogens is 1. The van der Waals surface area contributed by atoms with Crippen molar-refractivity contribution in [1.29, 1.82) is 0 Å². The van der Waals surface area contributed by atoms with Crippen molar-refractivity contribution in [3.63, 3.8) is 0 Å². The number of primary amides is 1. The average Bonchev–Trinajstić information content (AvgIpc) is 2.98. The van der Waals surface area contributed by atoms with Crippen LogP contribution in [0.25, 0.3) is 10.9 Å². The molecule has 0 aliphatic rings. The minimum atomic E-state index is -0.606. The van der Waals surface area contributed by atoms with E-state index in [0.717, 1.165) is 27.6 Å². The third kappa shape index (κ3) is 3.80. The third-order valence-corrected chi connectivity index (χ3v) is 4.01. The van der Waals surface area contributed by atoms with Crippen LogP contribution < -0.4 is 16.4 Å². The Labute approximate surface area is 145 Å². The number of carbonyl (C=O) groups excluding carboxylic acids is 2. The summed E-state index contributed by atoms with van der Waals surface area (Å²) in [5.41, 5.74) is 10.4. The quantitative estimate of drug-likeness (QED) is 0.588. The monoisotopic (exact) mass is 336 g/mol. The van der Waals surface area contributed by atoms with Crippen molar-refractivity contribution < 1.29 is 9.59 Å². The van der Waals surface area contributed by atoms with Crippen LogP contribution in [0.3, 0.4) is 0 Å². The first-order valence-electron chi connectivity index (χ1n) is 7.96. The first kappa shape index (κ1) is 16.6. The van der Waals surface area contributed by atoms with Crippen LogP contribution >= 0.6 is 0 Å². The summed E-state index contributed by atoms with van der Waals surface area (Å²) in [6.07, 6.45) is 0. The minimum Gasteiger partial charge on any atom is -0.351 e. The molecule has 0 saturated carbocycles. The molecule has 128 valence electrons. The zero-order valence-corrected chi connectivity index (χ0v) is 14.1. The van der Waals surface area contributed by atoms with Gasteiger partial charge in [-0.3, -0.25) is 4.79 Å². The van der Waals surface area contributed by atoms with Crippen LogP contribution in [0.4, 0.5) is 10.5 Å². The summed E-state index contributed by atoms with van der Waals surface area (Å²) >= 11 is 0. The number of urea groups is 1. The Kier molecular flexibility index (Phi) is 4.43. The summed E-state index contributed by atoms with van der Waals surface area (Å²) in [6.45, 7) is 4.46. The van der Waals surface area contributed by atoms with Crippen molar-refractivity contribution in [2.75, 3.05) is 5.32 Å². The van der Waals surface area contributed by atoms with Gasteiger partial charge in [-0.05, 0) is 54.8 Å². The van der Waals surface area contributed by atoms with Crippen molar-refractivity contribution in [1.82, 2.24) is 10.3 Å². The smallest absolute Gasteiger partial charge is 0.316 e. The van der Waals surface area contributed by atoms with Crippen LogP contribution in [0.5, 0.6) is 0 Å². The second-order valence-electron chi connectivity index (χ2n) is 6.09. The maximum absolute atomic E-state index is 12.4. The van der Waals surface area contributed by atoms with Crippen LogP contribution in [0, 0.1) is 13.8 Å². The number of hydrogen-bond donors (Lipinski definition) is 4. The first-order chi connectivity index (χ1) is 11.9. The third-order valence-electron chi connectivity index (χ3n) is 4.01. The lowest BCUT2D eigenvalue weighted by Gasteiger charge is -2.06.